The van der Waals surface area contributed by atoms with Crippen LogP contribution in [0.4, 0.5) is 0 Å². The van der Waals surface area contributed by atoms with E-state index in [0.29, 0.717) is 2.52 Å². The minimum absolute atomic E-state index is 0.521. The Morgan fingerprint density at radius 2 is 1.50 bits per heavy atom. The third-order valence-corrected chi connectivity index (χ3v) is 0. The first-order chi connectivity index (χ1) is 1.73. The van der Waals surface area contributed by atoms with Crippen LogP contribution in [0.2, 0.25) is 0 Å². The van der Waals surface area contributed by atoms with Crippen molar-refractivity contribution in [3.05, 3.63) is 0 Å². The van der Waals surface area contributed by atoms with Crippen LogP contribution in [0.5, 0.6) is 0 Å². The van der Waals surface area contributed by atoms with Crippen LogP contribution in [0.25, 0.3) is 0 Å². The van der Waals surface area contributed by atoms with Crippen molar-refractivity contribution in [2.75, 3.05) is 0 Å². The summed E-state index contributed by atoms with van der Waals surface area (Å²) in [5, 5.41) is 0. The van der Waals surface area contributed by atoms with E-state index in [-0.39, 0.29) is 0 Å². The Hall–Kier alpha value is 1.52. The molecule has 0 aliphatic heterocycles. The summed E-state index contributed by atoms with van der Waals surface area (Å²) in [5.41, 5.74) is 0. The van der Waals surface area contributed by atoms with Crippen LogP contribution in [0.15, 0.2) is 0 Å². The fourth-order valence-corrected chi connectivity index (χ4v) is 0. The van der Waals surface area contributed by atoms with Gasteiger partial charge in [0.05, 0.1) is 0 Å². The van der Waals surface area contributed by atoms with E-state index in [1.54, 1.807) is 16.9 Å². The van der Waals surface area contributed by atoms with E-state index in [2.05, 4.69) is 31.9 Å². The standard InChI is InChI=1S/CH3AsBr2/c2-1(3)4/h1H,2H2. The molecule has 1 unspecified atom stereocenters. The third kappa shape index (κ3) is 9.68. The second-order valence-corrected chi connectivity index (χ2v) is 9.03. The van der Waals surface area contributed by atoms with Crippen molar-refractivity contribution in [2.24, 2.45) is 0 Å². The number of halogens is 2. The molecular formula is CH3AsBr2. The molecule has 0 aromatic heterocycles. The molecule has 0 aromatic rings. The summed E-state index contributed by atoms with van der Waals surface area (Å²) in [6.07, 6.45) is 0. The molecule has 0 fully saturated rings. The van der Waals surface area contributed by atoms with Gasteiger partial charge in [-0.05, 0) is 0 Å². The summed E-state index contributed by atoms with van der Waals surface area (Å²) in [6, 6.07) is 0. The molecule has 0 aliphatic carbocycles. The van der Waals surface area contributed by atoms with Crippen LogP contribution in [0.3, 0.4) is 0 Å². The zero-order chi connectivity index (χ0) is 3.58. The van der Waals surface area contributed by atoms with Crippen molar-refractivity contribution in [2.45, 2.75) is 2.52 Å². The fourth-order valence-electron chi connectivity index (χ4n) is 0. The molecule has 0 aliphatic rings. The Balaban J connectivity index is 2.32. The molecular weight excluding hydrogens is 247 g/mol. The molecule has 0 bridgehead atoms. The Bertz CT molecular complexity index is 10.8. The van der Waals surface area contributed by atoms with Crippen molar-refractivity contribution in [3.8, 4) is 0 Å². The molecule has 4 heavy (non-hydrogen) atoms. The summed E-state index contributed by atoms with van der Waals surface area (Å²) < 4.78 is 0.521. The van der Waals surface area contributed by atoms with Gasteiger partial charge in [-0.3, -0.25) is 0 Å². The number of alkyl halides is 2. The first kappa shape index (κ1) is 5.52. The topological polar surface area (TPSA) is 0 Å². The van der Waals surface area contributed by atoms with Gasteiger partial charge in [0.2, 0.25) is 0 Å². The molecule has 1 atom stereocenters. The first-order valence-corrected chi connectivity index (χ1v) is 4.00. The molecule has 3 heteroatoms. The van der Waals surface area contributed by atoms with Crippen LogP contribution in [0.1, 0.15) is 0 Å². The molecule has 0 heterocycles. The van der Waals surface area contributed by atoms with Crippen LogP contribution < -0.4 is 0 Å². The van der Waals surface area contributed by atoms with Crippen molar-refractivity contribution in [1.82, 2.24) is 0 Å². The average molecular weight is 250 g/mol. The Morgan fingerprint density at radius 1 is 1.50 bits per heavy atom. The van der Waals surface area contributed by atoms with Gasteiger partial charge in [-0.25, -0.2) is 0 Å². The molecule has 0 saturated heterocycles. The quantitative estimate of drug-likeness (QED) is 0.438. The van der Waals surface area contributed by atoms with Gasteiger partial charge in [0, 0.05) is 0 Å². The summed E-state index contributed by atoms with van der Waals surface area (Å²) >= 11 is 8.06. The van der Waals surface area contributed by atoms with Crippen LogP contribution in [-0.4, -0.2) is 19.4 Å². The van der Waals surface area contributed by atoms with E-state index in [1.807, 2.05) is 0 Å². The molecule has 0 nitrogen and oxygen atoms in total. The predicted molar refractivity (Wildman–Crippen MR) is 30.2 cm³/mol. The number of hydrogen-bond acceptors (Lipinski definition) is 0. The fraction of sp³-hybridized carbons (Fsp3) is 1.00. The molecule has 26 valence electrons. The Morgan fingerprint density at radius 3 is 1.50 bits per heavy atom. The molecule has 0 rings (SSSR count). The molecule has 0 spiro atoms. The summed E-state index contributed by atoms with van der Waals surface area (Å²) in [5.74, 6) is 0. The van der Waals surface area contributed by atoms with E-state index < -0.39 is 0 Å². The van der Waals surface area contributed by atoms with Gasteiger partial charge in [-0.1, -0.05) is 0 Å². The first-order valence-electron chi connectivity index (χ1n) is 0.770. The van der Waals surface area contributed by atoms with Gasteiger partial charge in [0.1, 0.15) is 0 Å². The Kier molecular flexibility index (Phi) is 3.78. The van der Waals surface area contributed by atoms with Crippen LogP contribution >= 0.6 is 31.9 Å². The predicted octanol–water partition coefficient (Wildman–Crippen LogP) is 0.693. The molecule has 0 N–H and O–H groups in total. The number of rotatable bonds is 0. The molecule has 0 saturated carbocycles. The molecule has 0 radical (unpaired) electrons. The van der Waals surface area contributed by atoms with Gasteiger partial charge < -0.3 is 0 Å². The summed E-state index contributed by atoms with van der Waals surface area (Å²) in [6.45, 7) is 0. The molecule has 0 aromatic carbocycles. The third-order valence-electron chi connectivity index (χ3n) is 0. The van der Waals surface area contributed by atoms with Crippen molar-refractivity contribution in [1.29, 1.82) is 0 Å². The van der Waals surface area contributed by atoms with E-state index in [1.165, 1.54) is 0 Å². The van der Waals surface area contributed by atoms with Gasteiger partial charge in [0.15, 0.2) is 0 Å². The number of hydrogen-bond donors (Lipinski definition) is 0. The molecule has 0 amide bonds. The van der Waals surface area contributed by atoms with Crippen molar-refractivity contribution in [3.63, 3.8) is 0 Å². The van der Waals surface area contributed by atoms with Gasteiger partial charge in [-0.2, -0.15) is 0 Å². The van der Waals surface area contributed by atoms with Gasteiger partial charge in [0.25, 0.3) is 0 Å². The monoisotopic (exact) mass is 248 g/mol. The SMILES string of the molecule is [AsH2]C(Br)Br. The van der Waals surface area contributed by atoms with Gasteiger partial charge in [-0.15, -0.1) is 0 Å². The van der Waals surface area contributed by atoms with E-state index in [0.717, 1.165) is 0 Å². The van der Waals surface area contributed by atoms with Crippen LogP contribution in [-0.2, 0) is 0 Å². The maximum absolute atomic E-state index is 3.22. The van der Waals surface area contributed by atoms with E-state index in [9.17, 15) is 0 Å². The summed E-state index contributed by atoms with van der Waals surface area (Å²) in [7, 11) is 0. The van der Waals surface area contributed by atoms with Gasteiger partial charge >= 0.3 is 51.2 Å². The van der Waals surface area contributed by atoms with Crippen molar-refractivity contribution < 1.29 is 0 Å². The zero-order valence-electron chi connectivity index (χ0n) is 1.91. The van der Waals surface area contributed by atoms with Crippen LogP contribution in [0, 0.1) is 0 Å². The minimum atomic E-state index is 0.521. The van der Waals surface area contributed by atoms with E-state index >= 15 is 0 Å². The second kappa shape index (κ2) is 2.74. The zero-order valence-corrected chi connectivity index (χ0v) is 7.51. The summed E-state index contributed by atoms with van der Waals surface area (Å²) in [4.78, 5) is 0. The van der Waals surface area contributed by atoms with Crippen molar-refractivity contribution >= 4 is 48.7 Å². The average Bonchev–Trinajstić information content (AvgIpc) is 0.811. The van der Waals surface area contributed by atoms with E-state index in [4.69, 9.17) is 0 Å². The maximum atomic E-state index is 3.22. The second-order valence-electron chi connectivity index (χ2n) is 0.334. The normalized spacial score (nSPS) is 9.00. The Labute approximate surface area is 51.1 Å².